The third-order valence-corrected chi connectivity index (χ3v) is 5.40. The van der Waals surface area contributed by atoms with E-state index in [1.807, 2.05) is 42.3 Å². The van der Waals surface area contributed by atoms with E-state index in [4.69, 9.17) is 9.47 Å². The zero-order chi connectivity index (χ0) is 22.3. The summed E-state index contributed by atoms with van der Waals surface area (Å²) in [6, 6.07) is 18.4. The van der Waals surface area contributed by atoms with Crippen LogP contribution in [0.2, 0.25) is 0 Å². The second kappa shape index (κ2) is 14.6. The second-order valence-corrected chi connectivity index (χ2v) is 8.34. The Morgan fingerprint density at radius 3 is 2.32 bits per heavy atom. The fourth-order valence-electron chi connectivity index (χ4n) is 3.49. The molecule has 0 radical (unpaired) electrons. The van der Waals surface area contributed by atoms with E-state index in [1.165, 1.54) is 31.2 Å². The zero-order valence-corrected chi connectivity index (χ0v) is 19.5. The van der Waals surface area contributed by atoms with E-state index in [0.717, 1.165) is 37.1 Å². The maximum absolute atomic E-state index is 12.1. The van der Waals surface area contributed by atoms with Crippen LogP contribution in [0, 0.1) is 6.92 Å². The molecule has 0 heterocycles. The molecule has 170 valence electrons. The molecule has 1 atom stereocenters. The van der Waals surface area contributed by atoms with Crippen molar-refractivity contribution in [1.82, 2.24) is 4.90 Å². The summed E-state index contributed by atoms with van der Waals surface area (Å²) in [6.07, 6.45) is 7.88. The van der Waals surface area contributed by atoms with Crippen LogP contribution in [0.5, 0.6) is 5.75 Å². The van der Waals surface area contributed by atoms with E-state index in [1.54, 1.807) is 0 Å². The monoisotopic (exact) mass is 425 g/mol. The number of benzene rings is 2. The van der Waals surface area contributed by atoms with Crippen LogP contribution in [0.15, 0.2) is 54.6 Å². The third-order valence-electron chi connectivity index (χ3n) is 5.40. The van der Waals surface area contributed by atoms with Gasteiger partial charge in [-0.15, -0.1) is 0 Å². The van der Waals surface area contributed by atoms with Crippen molar-refractivity contribution >= 4 is 5.97 Å². The van der Waals surface area contributed by atoms with E-state index in [-0.39, 0.29) is 12.1 Å². The molecule has 0 aliphatic heterocycles. The summed E-state index contributed by atoms with van der Waals surface area (Å²) < 4.78 is 11.7. The van der Waals surface area contributed by atoms with Gasteiger partial charge in [0.1, 0.15) is 11.9 Å². The minimum Gasteiger partial charge on any atom is -0.486 e. The van der Waals surface area contributed by atoms with E-state index in [9.17, 15) is 4.79 Å². The lowest BCUT2D eigenvalue weighted by atomic mass is 10.1. The number of hydrogen-bond acceptors (Lipinski definition) is 4. The molecule has 2 aromatic carbocycles. The number of unbranched alkanes of at least 4 members (excludes halogenated alkanes) is 5. The first-order valence-corrected chi connectivity index (χ1v) is 11.7. The maximum atomic E-state index is 12.1. The Morgan fingerprint density at radius 2 is 1.61 bits per heavy atom. The summed E-state index contributed by atoms with van der Waals surface area (Å²) in [5, 5.41) is 0. The summed E-state index contributed by atoms with van der Waals surface area (Å²) in [5.41, 5.74) is 2.35. The lowest BCUT2D eigenvalue weighted by Gasteiger charge is -2.23. The number of ether oxygens (including phenoxy) is 2. The highest BCUT2D eigenvalue weighted by molar-refractivity contribution is 5.71. The van der Waals surface area contributed by atoms with Crippen molar-refractivity contribution < 1.29 is 14.3 Å². The Morgan fingerprint density at radius 1 is 0.935 bits per heavy atom. The van der Waals surface area contributed by atoms with Crippen molar-refractivity contribution in [2.24, 2.45) is 0 Å². The van der Waals surface area contributed by atoms with Crippen LogP contribution in [0.1, 0.15) is 69.1 Å². The predicted molar refractivity (Wildman–Crippen MR) is 127 cm³/mol. The van der Waals surface area contributed by atoms with Gasteiger partial charge in [-0.2, -0.15) is 0 Å². The number of likely N-dealkylation sites (N-methyl/N-ethyl adjacent to an activating group) is 1. The molecular formula is C27H39NO3. The fourth-order valence-corrected chi connectivity index (χ4v) is 3.49. The molecule has 1 unspecified atom stereocenters. The van der Waals surface area contributed by atoms with Gasteiger partial charge in [0.05, 0.1) is 13.2 Å². The van der Waals surface area contributed by atoms with Gasteiger partial charge < -0.3 is 9.47 Å². The molecule has 0 bridgehead atoms. The molecule has 0 N–H and O–H groups in total. The lowest BCUT2D eigenvalue weighted by molar-refractivity contribution is -0.144. The highest BCUT2D eigenvalue weighted by Gasteiger charge is 2.16. The van der Waals surface area contributed by atoms with Gasteiger partial charge >= 0.3 is 5.97 Å². The van der Waals surface area contributed by atoms with E-state index >= 15 is 0 Å². The molecule has 2 aromatic rings. The second-order valence-electron chi connectivity index (χ2n) is 8.34. The van der Waals surface area contributed by atoms with Gasteiger partial charge in [0, 0.05) is 13.0 Å². The molecule has 4 nitrogen and oxygen atoms in total. The SMILES string of the molecule is CCCCCCCCOC(=O)CN(C)CCC(Oc1ccc(C)cc1)c1ccccc1. The predicted octanol–water partition coefficient (Wildman–Crippen LogP) is 6.34. The molecule has 0 saturated carbocycles. The number of carbonyl (C=O) groups excluding carboxylic acids is 1. The van der Waals surface area contributed by atoms with E-state index < -0.39 is 0 Å². The maximum Gasteiger partial charge on any atom is 0.320 e. The highest BCUT2D eigenvalue weighted by atomic mass is 16.5. The Bertz CT molecular complexity index is 730. The number of nitrogens with zero attached hydrogens (tertiary/aromatic N) is 1. The van der Waals surface area contributed by atoms with E-state index in [0.29, 0.717) is 13.2 Å². The first-order valence-electron chi connectivity index (χ1n) is 11.7. The number of hydrogen-bond donors (Lipinski definition) is 0. The molecule has 0 amide bonds. The minimum absolute atomic E-state index is 0.0644. The summed E-state index contributed by atoms with van der Waals surface area (Å²) in [4.78, 5) is 14.1. The molecule has 0 spiro atoms. The summed E-state index contributed by atoms with van der Waals surface area (Å²) in [6.45, 7) is 5.87. The third kappa shape index (κ3) is 10.5. The van der Waals surface area contributed by atoms with Gasteiger partial charge in [-0.3, -0.25) is 9.69 Å². The summed E-state index contributed by atoms with van der Waals surface area (Å²) in [5.74, 6) is 0.715. The van der Waals surface area contributed by atoms with E-state index in [2.05, 4.69) is 38.1 Å². The Balaban J connectivity index is 1.75. The van der Waals surface area contributed by atoms with Crippen LogP contribution in [-0.4, -0.2) is 37.6 Å². The standard InChI is InChI=1S/C27H39NO3/c1-4-5-6-7-8-12-21-30-27(29)22-28(3)20-19-26(24-13-10-9-11-14-24)31-25-17-15-23(2)16-18-25/h9-11,13-18,26H,4-8,12,19-22H2,1-3H3. The van der Waals surface area contributed by atoms with Gasteiger partial charge in [-0.25, -0.2) is 0 Å². The average Bonchev–Trinajstić information content (AvgIpc) is 2.78. The average molecular weight is 426 g/mol. The molecule has 0 aromatic heterocycles. The van der Waals surface area contributed by atoms with Gasteiger partial charge in [0.2, 0.25) is 0 Å². The molecular weight excluding hydrogens is 386 g/mol. The van der Waals surface area contributed by atoms with Crippen molar-refractivity contribution in [2.75, 3.05) is 26.7 Å². The number of carbonyl (C=O) groups is 1. The topological polar surface area (TPSA) is 38.8 Å². The van der Waals surface area contributed by atoms with Crippen molar-refractivity contribution in [3.8, 4) is 5.75 Å². The molecule has 0 aliphatic carbocycles. The Kier molecular flexibility index (Phi) is 11.8. The molecule has 4 heteroatoms. The van der Waals surface area contributed by atoms with Crippen molar-refractivity contribution in [1.29, 1.82) is 0 Å². The summed E-state index contributed by atoms with van der Waals surface area (Å²) in [7, 11) is 1.96. The van der Waals surface area contributed by atoms with Crippen LogP contribution in [0.3, 0.4) is 0 Å². The van der Waals surface area contributed by atoms with Gasteiger partial charge in [-0.1, -0.05) is 87.1 Å². The molecule has 31 heavy (non-hydrogen) atoms. The van der Waals surface area contributed by atoms with Crippen molar-refractivity contribution in [3.05, 3.63) is 65.7 Å². The number of esters is 1. The van der Waals surface area contributed by atoms with Gasteiger partial charge in [-0.05, 0) is 38.1 Å². The molecule has 0 fully saturated rings. The molecule has 0 aliphatic rings. The lowest BCUT2D eigenvalue weighted by Crippen LogP contribution is -2.30. The first kappa shape index (κ1) is 24.9. The first-order chi connectivity index (χ1) is 15.1. The fraction of sp³-hybridized carbons (Fsp3) is 0.519. The normalized spacial score (nSPS) is 12.0. The number of rotatable bonds is 15. The molecule has 2 rings (SSSR count). The largest absolute Gasteiger partial charge is 0.486 e. The smallest absolute Gasteiger partial charge is 0.320 e. The van der Waals surface area contributed by atoms with Crippen LogP contribution < -0.4 is 4.74 Å². The van der Waals surface area contributed by atoms with Crippen LogP contribution in [0.4, 0.5) is 0 Å². The minimum atomic E-state index is -0.147. The molecule has 0 saturated heterocycles. The zero-order valence-electron chi connectivity index (χ0n) is 19.5. The van der Waals surface area contributed by atoms with Crippen LogP contribution >= 0.6 is 0 Å². The Labute approximate surface area is 188 Å². The van der Waals surface area contributed by atoms with Crippen LogP contribution in [-0.2, 0) is 9.53 Å². The Hall–Kier alpha value is -2.33. The van der Waals surface area contributed by atoms with Crippen molar-refractivity contribution in [3.63, 3.8) is 0 Å². The van der Waals surface area contributed by atoms with Gasteiger partial charge in [0.25, 0.3) is 0 Å². The quantitative estimate of drug-likeness (QED) is 0.246. The highest BCUT2D eigenvalue weighted by Crippen LogP contribution is 2.25. The number of aryl methyl sites for hydroxylation is 1. The van der Waals surface area contributed by atoms with Crippen LogP contribution in [0.25, 0.3) is 0 Å². The van der Waals surface area contributed by atoms with Crippen molar-refractivity contribution in [2.45, 2.75) is 64.9 Å². The van der Waals surface area contributed by atoms with Gasteiger partial charge in [0.15, 0.2) is 0 Å². The summed E-state index contributed by atoms with van der Waals surface area (Å²) >= 11 is 0.